The fourth-order valence-corrected chi connectivity index (χ4v) is 5.86. The van der Waals surface area contributed by atoms with Crippen LogP contribution in [0.25, 0.3) is 49.2 Å². The summed E-state index contributed by atoms with van der Waals surface area (Å²) in [6.07, 6.45) is 0. The second-order valence-corrected chi connectivity index (χ2v) is 10.9. The largest absolute Gasteiger partial charge is 0.456 e. The number of aryl methyl sites for hydroxylation is 2. The number of furan rings is 1. The van der Waals surface area contributed by atoms with Crippen LogP contribution in [-0.2, 0) is 7.05 Å². The first kappa shape index (κ1) is 24.8. The van der Waals surface area contributed by atoms with Gasteiger partial charge in [-0.1, -0.05) is 76.2 Å². The van der Waals surface area contributed by atoms with Crippen molar-refractivity contribution in [3.63, 3.8) is 0 Å². The van der Waals surface area contributed by atoms with Gasteiger partial charge >= 0.3 is 0 Å². The molecule has 0 aliphatic rings. The summed E-state index contributed by atoms with van der Waals surface area (Å²) in [4.78, 5) is 3.87. The predicted molar refractivity (Wildman–Crippen MR) is 154 cm³/mol. The summed E-state index contributed by atoms with van der Waals surface area (Å²) in [6, 6.07) is 19.2. The highest BCUT2D eigenvalue weighted by Gasteiger charge is 2.26. The van der Waals surface area contributed by atoms with Crippen LogP contribution in [0.4, 0.5) is 5.69 Å². The van der Waals surface area contributed by atoms with Gasteiger partial charge in [-0.2, -0.15) is 4.57 Å². The van der Waals surface area contributed by atoms with Crippen molar-refractivity contribution >= 4 is 27.6 Å². The van der Waals surface area contributed by atoms with Gasteiger partial charge in [-0.15, -0.1) is 0 Å². The van der Waals surface area contributed by atoms with Gasteiger partial charge in [0.15, 0.2) is 11.4 Å². The molecule has 0 unspecified atom stereocenters. The molecule has 0 radical (unpaired) electrons. The molecule has 0 saturated heterocycles. The Bertz CT molecular complexity index is 1710. The summed E-state index contributed by atoms with van der Waals surface area (Å²) in [5, 5.41) is 2.12. The molecule has 0 aliphatic carbocycles. The van der Waals surface area contributed by atoms with Gasteiger partial charge in [0.1, 0.15) is 18.2 Å². The molecule has 0 N–H and O–H groups in total. The molecule has 3 aromatic carbocycles. The van der Waals surface area contributed by atoms with E-state index in [1.807, 2.05) is 12.1 Å². The van der Waals surface area contributed by atoms with E-state index in [0.717, 1.165) is 44.3 Å². The topological polar surface area (TPSA) is 21.4 Å². The molecule has 0 bridgehead atoms. The third-order valence-corrected chi connectivity index (χ3v) is 7.85. The molecule has 37 heavy (non-hydrogen) atoms. The Morgan fingerprint density at radius 2 is 1.38 bits per heavy atom. The smallest absolute Gasteiger partial charge is 0.216 e. The standard InChI is InChI=1S/C34H35N2O/c1-19(2)24-11-13-25(14-12-24)32-28(35-8)17-16-27-26-15-10-21(5)31(33(26)37-34(27)32)29-18-22(6)30(20(3)4)23(7)36(29)9/h10-20H,1-7,9H3/q+1. The highest BCUT2D eigenvalue weighted by Crippen LogP contribution is 2.44. The van der Waals surface area contributed by atoms with Crippen LogP contribution >= 0.6 is 0 Å². The molecular formula is C34H35N2O+. The number of pyridine rings is 1. The molecular weight excluding hydrogens is 452 g/mol. The van der Waals surface area contributed by atoms with Crippen LogP contribution in [0, 0.1) is 27.3 Å². The normalized spacial score (nSPS) is 11.7. The lowest BCUT2D eigenvalue weighted by atomic mass is 9.93. The van der Waals surface area contributed by atoms with Gasteiger partial charge in [-0.25, -0.2) is 4.85 Å². The first-order chi connectivity index (χ1) is 17.6. The van der Waals surface area contributed by atoms with E-state index < -0.39 is 0 Å². The molecule has 0 atom stereocenters. The van der Waals surface area contributed by atoms with Gasteiger partial charge in [0.25, 0.3) is 0 Å². The second-order valence-electron chi connectivity index (χ2n) is 10.9. The van der Waals surface area contributed by atoms with Crippen molar-refractivity contribution in [3.8, 4) is 22.4 Å². The zero-order valence-electron chi connectivity index (χ0n) is 23.2. The minimum absolute atomic E-state index is 0.455. The lowest BCUT2D eigenvalue weighted by Gasteiger charge is -2.15. The first-order valence-corrected chi connectivity index (χ1v) is 13.1. The van der Waals surface area contributed by atoms with E-state index in [9.17, 15) is 0 Å². The summed E-state index contributed by atoms with van der Waals surface area (Å²) >= 11 is 0. The summed E-state index contributed by atoms with van der Waals surface area (Å²) in [5.74, 6) is 0.914. The van der Waals surface area contributed by atoms with E-state index in [1.165, 1.54) is 27.9 Å². The lowest BCUT2D eigenvalue weighted by molar-refractivity contribution is -0.667. The van der Waals surface area contributed by atoms with E-state index >= 15 is 0 Å². The van der Waals surface area contributed by atoms with E-state index in [1.54, 1.807) is 0 Å². The van der Waals surface area contributed by atoms with Crippen molar-refractivity contribution in [2.24, 2.45) is 7.05 Å². The quantitative estimate of drug-likeness (QED) is 0.183. The van der Waals surface area contributed by atoms with Crippen LogP contribution in [0.15, 0.2) is 59.0 Å². The van der Waals surface area contributed by atoms with Crippen molar-refractivity contribution in [2.45, 2.75) is 60.3 Å². The zero-order chi connectivity index (χ0) is 26.6. The van der Waals surface area contributed by atoms with Crippen LogP contribution in [0.5, 0.6) is 0 Å². The predicted octanol–water partition coefficient (Wildman–Crippen LogP) is 9.47. The third-order valence-electron chi connectivity index (χ3n) is 7.85. The number of nitrogens with zero attached hydrogens (tertiary/aromatic N) is 2. The van der Waals surface area contributed by atoms with E-state index in [2.05, 4.69) is 107 Å². The van der Waals surface area contributed by atoms with Crippen molar-refractivity contribution in [1.82, 2.24) is 0 Å². The lowest BCUT2D eigenvalue weighted by Crippen LogP contribution is -2.37. The highest BCUT2D eigenvalue weighted by molar-refractivity contribution is 6.15. The van der Waals surface area contributed by atoms with Crippen molar-refractivity contribution < 1.29 is 8.98 Å². The molecule has 0 amide bonds. The molecule has 2 aromatic heterocycles. The van der Waals surface area contributed by atoms with E-state index in [0.29, 0.717) is 17.5 Å². The molecule has 3 nitrogen and oxygen atoms in total. The maximum Gasteiger partial charge on any atom is 0.216 e. The maximum atomic E-state index is 7.87. The van der Waals surface area contributed by atoms with E-state index in [-0.39, 0.29) is 0 Å². The Morgan fingerprint density at radius 3 is 1.97 bits per heavy atom. The van der Waals surface area contributed by atoms with Gasteiger partial charge in [-0.05, 0) is 47.9 Å². The van der Waals surface area contributed by atoms with Gasteiger partial charge in [0.05, 0.1) is 12.1 Å². The molecule has 186 valence electrons. The molecule has 5 aromatic rings. The molecule has 2 heterocycles. The van der Waals surface area contributed by atoms with Crippen LogP contribution in [0.2, 0.25) is 0 Å². The van der Waals surface area contributed by atoms with Gasteiger partial charge in [0, 0.05) is 34.9 Å². The monoisotopic (exact) mass is 487 g/mol. The molecule has 0 saturated carbocycles. The summed E-state index contributed by atoms with van der Waals surface area (Å²) in [6.45, 7) is 23.3. The van der Waals surface area contributed by atoms with Crippen LogP contribution < -0.4 is 4.57 Å². The SMILES string of the molecule is [C-]#[N+]c1ccc2c(oc3c(-c4cc(C)c(C(C)C)c(C)[n+]4C)c(C)ccc32)c1-c1ccc(C(C)C)cc1. The molecule has 3 heteroatoms. The van der Waals surface area contributed by atoms with Crippen LogP contribution in [-0.4, -0.2) is 0 Å². The minimum Gasteiger partial charge on any atom is -0.456 e. The van der Waals surface area contributed by atoms with Crippen molar-refractivity contribution in [2.75, 3.05) is 0 Å². The molecule has 0 aliphatic heterocycles. The zero-order valence-corrected chi connectivity index (χ0v) is 23.2. The Balaban J connectivity index is 1.84. The second kappa shape index (κ2) is 9.20. The average molecular weight is 488 g/mol. The minimum atomic E-state index is 0.455. The van der Waals surface area contributed by atoms with Crippen molar-refractivity contribution in [3.05, 3.63) is 94.0 Å². The Labute approximate surface area is 220 Å². The van der Waals surface area contributed by atoms with Gasteiger partial charge in [0.2, 0.25) is 5.69 Å². The number of hydrogen-bond donors (Lipinski definition) is 0. The molecule has 0 fully saturated rings. The Hall–Kier alpha value is -3.90. The maximum absolute atomic E-state index is 7.87. The number of hydrogen-bond acceptors (Lipinski definition) is 1. The first-order valence-electron chi connectivity index (χ1n) is 13.1. The third kappa shape index (κ3) is 3.92. The summed E-state index contributed by atoms with van der Waals surface area (Å²) in [7, 11) is 2.15. The Kier molecular flexibility index (Phi) is 6.16. The number of benzene rings is 3. The summed E-state index contributed by atoms with van der Waals surface area (Å²) in [5.41, 5.74) is 12.8. The highest BCUT2D eigenvalue weighted by atomic mass is 16.3. The number of fused-ring (bicyclic) bond motifs is 3. The van der Waals surface area contributed by atoms with Crippen LogP contribution in [0.1, 0.15) is 67.5 Å². The Morgan fingerprint density at radius 1 is 0.757 bits per heavy atom. The summed E-state index contributed by atoms with van der Waals surface area (Å²) < 4.78 is 9.08. The number of rotatable bonds is 4. The molecule has 0 spiro atoms. The van der Waals surface area contributed by atoms with Crippen molar-refractivity contribution in [1.29, 1.82) is 0 Å². The van der Waals surface area contributed by atoms with Gasteiger partial charge in [-0.3, -0.25) is 0 Å². The molecule has 5 rings (SSSR count). The average Bonchev–Trinajstić information content (AvgIpc) is 3.24. The van der Waals surface area contributed by atoms with Gasteiger partial charge < -0.3 is 4.42 Å². The van der Waals surface area contributed by atoms with E-state index in [4.69, 9.17) is 11.0 Å². The van der Waals surface area contributed by atoms with Crippen LogP contribution in [0.3, 0.4) is 0 Å². The fourth-order valence-electron chi connectivity index (χ4n) is 5.86. The number of aromatic nitrogens is 1. The fraction of sp³-hybridized carbons (Fsp3) is 0.294.